The summed E-state index contributed by atoms with van der Waals surface area (Å²) in [5.74, 6) is -0.652. The zero-order valence-electron chi connectivity index (χ0n) is 13.9. The number of thiazole rings is 1. The molecule has 0 aliphatic heterocycles. The van der Waals surface area contributed by atoms with E-state index in [1.807, 2.05) is 37.3 Å². The number of rotatable bonds is 3. The number of fused-ring (bicyclic) bond motifs is 1. The minimum atomic E-state index is -0.371. The van der Waals surface area contributed by atoms with Crippen molar-refractivity contribution >= 4 is 33.3 Å². The number of pyridine rings is 1. The first-order valence-electron chi connectivity index (χ1n) is 8.00. The van der Waals surface area contributed by atoms with Crippen LogP contribution < -0.4 is 5.32 Å². The summed E-state index contributed by atoms with van der Waals surface area (Å²) >= 11 is 1.51. The van der Waals surface area contributed by atoms with Crippen LogP contribution in [0.2, 0.25) is 0 Å². The zero-order chi connectivity index (χ0) is 18.1. The summed E-state index contributed by atoms with van der Waals surface area (Å²) in [5, 5.41) is 3.73. The molecule has 0 saturated heterocycles. The molecule has 1 amide bonds. The van der Waals surface area contributed by atoms with Crippen molar-refractivity contribution in [2.45, 2.75) is 6.92 Å². The molecule has 0 saturated carbocycles. The van der Waals surface area contributed by atoms with Crippen LogP contribution in [-0.2, 0) is 0 Å². The highest BCUT2D eigenvalue weighted by molar-refractivity contribution is 7.21. The fraction of sp³-hybridized carbons (Fsp3) is 0.0500. The second-order valence-electron chi connectivity index (χ2n) is 5.84. The van der Waals surface area contributed by atoms with Gasteiger partial charge in [0.05, 0.1) is 0 Å². The molecule has 0 aliphatic rings. The van der Waals surface area contributed by atoms with Crippen LogP contribution in [-0.4, -0.2) is 15.9 Å². The van der Waals surface area contributed by atoms with Gasteiger partial charge in [-0.25, -0.2) is 14.4 Å². The molecule has 4 rings (SSSR count). The van der Waals surface area contributed by atoms with E-state index in [1.54, 1.807) is 6.20 Å². The maximum atomic E-state index is 13.0. The molecule has 128 valence electrons. The van der Waals surface area contributed by atoms with Gasteiger partial charge in [0.2, 0.25) is 0 Å². The first kappa shape index (κ1) is 16.4. The predicted molar refractivity (Wildman–Crippen MR) is 102 cm³/mol. The summed E-state index contributed by atoms with van der Waals surface area (Å²) in [6.45, 7) is 1.92. The van der Waals surface area contributed by atoms with E-state index in [1.165, 1.54) is 35.6 Å². The van der Waals surface area contributed by atoms with Gasteiger partial charge in [-0.3, -0.25) is 4.79 Å². The molecule has 4 aromatic rings. The molecule has 2 aromatic carbocycles. The Morgan fingerprint density at radius 2 is 1.92 bits per heavy atom. The lowest BCUT2D eigenvalue weighted by atomic mass is 10.1. The third kappa shape index (κ3) is 3.19. The Morgan fingerprint density at radius 3 is 2.69 bits per heavy atom. The van der Waals surface area contributed by atoms with E-state index in [0.29, 0.717) is 11.3 Å². The minimum absolute atomic E-state index is 0.281. The maximum Gasteiger partial charge on any atom is 0.255 e. The van der Waals surface area contributed by atoms with E-state index < -0.39 is 0 Å². The van der Waals surface area contributed by atoms with Gasteiger partial charge in [0.15, 0.2) is 0 Å². The number of aryl methyl sites for hydroxylation is 1. The number of carbonyl (C=O) groups is 1. The van der Waals surface area contributed by atoms with Crippen LogP contribution in [0.25, 0.3) is 20.9 Å². The topological polar surface area (TPSA) is 54.9 Å². The smallest absolute Gasteiger partial charge is 0.255 e. The van der Waals surface area contributed by atoms with Gasteiger partial charge in [-0.1, -0.05) is 23.5 Å². The minimum Gasteiger partial charge on any atom is -0.322 e. The summed E-state index contributed by atoms with van der Waals surface area (Å²) in [5.41, 5.74) is 3.80. The third-order valence-electron chi connectivity index (χ3n) is 4.01. The average molecular weight is 363 g/mol. The first-order valence-corrected chi connectivity index (χ1v) is 8.81. The molecular formula is C20H14FN3OS. The molecule has 0 aliphatic carbocycles. The number of aromatic nitrogens is 2. The van der Waals surface area contributed by atoms with Crippen molar-refractivity contribution in [1.82, 2.24) is 9.97 Å². The van der Waals surface area contributed by atoms with Crippen LogP contribution in [0.5, 0.6) is 0 Å². The van der Waals surface area contributed by atoms with Crippen LogP contribution in [0, 0.1) is 12.7 Å². The van der Waals surface area contributed by atoms with E-state index in [4.69, 9.17) is 0 Å². The number of benzene rings is 2. The van der Waals surface area contributed by atoms with Crippen LogP contribution in [0.1, 0.15) is 15.9 Å². The third-order valence-corrected chi connectivity index (χ3v) is 5.03. The van der Waals surface area contributed by atoms with Gasteiger partial charge in [0, 0.05) is 23.0 Å². The van der Waals surface area contributed by atoms with E-state index in [9.17, 15) is 9.18 Å². The van der Waals surface area contributed by atoms with Gasteiger partial charge < -0.3 is 5.32 Å². The van der Waals surface area contributed by atoms with Crippen molar-refractivity contribution in [3.05, 3.63) is 77.7 Å². The van der Waals surface area contributed by atoms with Crippen LogP contribution in [0.15, 0.2) is 60.8 Å². The van der Waals surface area contributed by atoms with Crippen LogP contribution in [0.4, 0.5) is 10.1 Å². The molecule has 1 N–H and O–H groups in total. The second-order valence-corrected chi connectivity index (χ2v) is 6.81. The zero-order valence-corrected chi connectivity index (χ0v) is 14.7. The highest BCUT2D eigenvalue weighted by Gasteiger charge is 2.12. The lowest BCUT2D eigenvalue weighted by Crippen LogP contribution is -2.12. The van der Waals surface area contributed by atoms with Crippen molar-refractivity contribution in [3.8, 4) is 10.6 Å². The fourth-order valence-electron chi connectivity index (χ4n) is 2.58. The number of nitrogens with one attached hydrogen (secondary N) is 1. The molecule has 0 fully saturated rings. The van der Waals surface area contributed by atoms with Crippen LogP contribution in [0.3, 0.4) is 0 Å². The highest BCUT2D eigenvalue weighted by Crippen LogP contribution is 2.31. The molecule has 4 nitrogen and oxygen atoms in total. The van der Waals surface area contributed by atoms with Crippen molar-refractivity contribution < 1.29 is 9.18 Å². The van der Waals surface area contributed by atoms with E-state index >= 15 is 0 Å². The van der Waals surface area contributed by atoms with E-state index in [2.05, 4.69) is 15.3 Å². The van der Waals surface area contributed by atoms with Crippen molar-refractivity contribution in [1.29, 1.82) is 0 Å². The quantitative estimate of drug-likeness (QED) is 0.554. The summed E-state index contributed by atoms with van der Waals surface area (Å²) in [6.07, 6.45) is 1.74. The Morgan fingerprint density at radius 1 is 1.12 bits per heavy atom. The van der Waals surface area contributed by atoms with Crippen molar-refractivity contribution in [3.63, 3.8) is 0 Å². The molecular weight excluding hydrogens is 349 g/mol. The molecule has 2 heterocycles. The molecule has 0 radical (unpaired) electrons. The van der Waals surface area contributed by atoms with Gasteiger partial charge in [-0.2, -0.15) is 0 Å². The Labute approximate surface area is 153 Å². The number of nitrogens with zero attached hydrogens (tertiary/aromatic N) is 2. The van der Waals surface area contributed by atoms with E-state index in [0.717, 1.165) is 26.5 Å². The summed E-state index contributed by atoms with van der Waals surface area (Å²) in [4.78, 5) is 22.2. The monoisotopic (exact) mass is 363 g/mol. The van der Waals surface area contributed by atoms with Crippen molar-refractivity contribution in [2.75, 3.05) is 5.32 Å². The first-order chi connectivity index (χ1) is 12.6. The molecule has 0 atom stereocenters. The molecule has 6 heteroatoms. The molecule has 0 unspecified atom stereocenters. The maximum absolute atomic E-state index is 13.0. The predicted octanol–water partition coefficient (Wildman–Crippen LogP) is 5.06. The SMILES string of the molecule is Cc1ccc(-c2nc3cccnc3s2)cc1NC(=O)c1ccc(F)cc1. The van der Waals surface area contributed by atoms with Gasteiger partial charge in [-0.05, 0) is 55.0 Å². The Balaban J connectivity index is 1.65. The Hall–Kier alpha value is -3.12. The summed E-state index contributed by atoms with van der Waals surface area (Å²) in [7, 11) is 0. The molecule has 0 spiro atoms. The lowest BCUT2D eigenvalue weighted by molar-refractivity contribution is 0.102. The molecule has 0 bridgehead atoms. The van der Waals surface area contributed by atoms with Crippen LogP contribution >= 0.6 is 11.3 Å². The normalized spacial score (nSPS) is 10.8. The summed E-state index contributed by atoms with van der Waals surface area (Å²) < 4.78 is 13.0. The number of carbonyl (C=O) groups excluding carboxylic acids is 1. The van der Waals surface area contributed by atoms with Gasteiger partial charge in [-0.15, -0.1) is 0 Å². The Kier molecular flexibility index (Phi) is 4.18. The average Bonchev–Trinajstić information content (AvgIpc) is 3.08. The largest absolute Gasteiger partial charge is 0.322 e. The van der Waals surface area contributed by atoms with Gasteiger partial charge in [0.1, 0.15) is 21.2 Å². The number of hydrogen-bond donors (Lipinski definition) is 1. The standard InChI is InChI=1S/C20H14FN3OS/c1-12-4-5-14(19-24-16-3-2-10-22-20(16)26-19)11-17(12)23-18(25)13-6-8-15(21)9-7-13/h2-11H,1H3,(H,23,25). The second kappa shape index (κ2) is 6.65. The summed E-state index contributed by atoms with van der Waals surface area (Å²) in [6, 6.07) is 15.1. The lowest BCUT2D eigenvalue weighted by Gasteiger charge is -2.10. The van der Waals surface area contributed by atoms with E-state index in [-0.39, 0.29) is 11.7 Å². The molecule has 2 aromatic heterocycles. The number of amides is 1. The van der Waals surface area contributed by atoms with Gasteiger partial charge >= 0.3 is 0 Å². The highest BCUT2D eigenvalue weighted by atomic mass is 32.1. The van der Waals surface area contributed by atoms with Crippen molar-refractivity contribution in [2.24, 2.45) is 0 Å². The molecule has 26 heavy (non-hydrogen) atoms. The number of anilines is 1. The fourth-order valence-corrected chi connectivity index (χ4v) is 3.48. The number of halogens is 1. The van der Waals surface area contributed by atoms with Gasteiger partial charge in [0.25, 0.3) is 5.91 Å². The Bertz CT molecular complexity index is 1070. The number of hydrogen-bond acceptors (Lipinski definition) is 4.